The highest BCUT2D eigenvalue weighted by atomic mass is 16.1. The molecule has 5 nitrogen and oxygen atoms in total. The van der Waals surface area contributed by atoms with Crippen LogP contribution in [0.15, 0.2) is 47.4 Å². The number of Topliss-reactive ketones (excluding diaryl/α,β-unsaturated/α-hetero) is 1. The third-order valence-corrected chi connectivity index (χ3v) is 2.41. The van der Waals surface area contributed by atoms with Crippen molar-refractivity contribution in [3.05, 3.63) is 64.1 Å². The zero-order chi connectivity index (χ0) is 13.0. The van der Waals surface area contributed by atoms with Crippen LogP contribution in [0, 0.1) is 11.3 Å². The van der Waals surface area contributed by atoms with E-state index in [-0.39, 0.29) is 17.9 Å². The lowest BCUT2D eigenvalue weighted by molar-refractivity contribution is 0.0965. The molecule has 0 aliphatic rings. The molecule has 5 heteroatoms. The maximum Gasteiger partial charge on any atom is 0.267 e. The van der Waals surface area contributed by atoms with E-state index < -0.39 is 0 Å². The standard InChI is InChI=1S/C13H9N3O2/c14-8-10-3-5-11(6-4-10)12(17)9-16-13(18)2-1-7-15-16/h1-7H,9H2. The van der Waals surface area contributed by atoms with Gasteiger partial charge in [0.05, 0.1) is 11.6 Å². The Kier molecular flexibility index (Phi) is 3.30. The fraction of sp³-hybridized carbons (Fsp3) is 0.0769. The van der Waals surface area contributed by atoms with E-state index in [4.69, 9.17) is 5.26 Å². The normalized spacial score (nSPS) is 9.72. The molecule has 1 heterocycles. The lowest BCUT2D eigenvalue weighted by Crippen LogP contribution is -2.25. The Morgan fingerprint density at radius 1 is 1.28 bits per heavy atom. The first-order valence-corrected chi connectivity index (χ1v) is 5.26. The van der Waals surface area contributed by atoms with Crippen LogP contribution in [-0.4, -0.2) is 15.6 Å². The fourth-order valence-electron chi connectivity index (χ4n) is 1.46. The number of nitriles is 1. The van der Waals surface area contributed by atoms with Crippen LogP contribution < -0.4 is 5.56 Å². The average molecular weight is 239 g/mol. The number of carbonyl (C=O) groups is 1. The number of hydrogen-bond acceptors (Lipinski definition) is 4. The van der Waals surface area contributed by atoms with Crippen LogP contribution in [0.25, 0.3) is 0 Å². The fourth-order valence-corrected chi connectivity index (χ4v) is 1.46. The van der Waals surface area contributed by atoms with Crippen molar-refractivity contribution < 1.29 is 4.79 Å². The number of nitrogens with zero attached hydrogens (tertiary/aromatic N) is 3. The first-order valence-electron chi connectivity index (χ1n) is 5.26. The van der Waals surface area contributed by atoms with E-state index in [1.807, 2.05) is 6.07 Å². The second-order valence-electron chi connectivity index (χ2n) is 3.63. The first-order chi connectivity index (χ1) is 8.70. The summed E-state index contributed by atoms with van der Waals surface area (Å²) < 4.78 is 1.10. The van der Waals surface area contributed by atoms with Crippen molar-refractivity contribution in [1.82, 2.24) is 9.78 Å². The molecule has 1 aromatic heterocycles. The molecule has 0 saturated heterocycles. The maximum absolute atomic E-state index is 11.9. The molecule has 0 radical (unpaired) electrons. The van der Waals surface area contributed by atoms with Gasteiger partial charge in [-0.25, -0.2) is 4.68 Å². The van der Waals surface area contributed by atoms with Crippen LogP contribution in [0.3, 0.4) is 0 Å². The van der Waals surface area contributed by atoms with Gasteiger partial charge in [0.15, 0.2) is 5.78 Å². The molecule has 1 aromatic carbocycles. The van der Waals surface area contributed by atoms with Crippen LogP contribution in [0.1, 0.15) is 15.9 Å². The molecule has 18 heavy (non-hydrogen) atoms. The molecule has 0 aliphatic carbocycles. The maximum atomic E-state index is 11.9. The Hall–Kier alpha value is -2.74. The summed E-state index contributed by atoms with van der Waals surface area (Å²) in [6.07, 6.45) is 1.45. The number of aromatic nitrogens is 2. The summed E-state index contributed by atoms with van der Waals surface area (Å²) in [4.78, 5) is 23.3. The molecule has 88 valence electrons. The van der Waals surface area contributed by atoms with Gasteiger partial charge in [0, 0.05) is 17.8 Å². The molecule has 0 amide bonds. The number of benzene rings is 1. The number of carbonyl (C=O) groups excluding carboxylic acids is 1. The van der Waals surface area contributed by atoms with Gasteiger partial charge >= 0.3 is 0 Å². The summed E-state index contributed by atoms with van der Waals surface area (Å²) in [6.45, 7) is -0.106. The molecule has 0 N–H and O–H groups in total. The van der Waals surface area contributed by atoms with Gasteiger partial charge in [0.25, 0.3) is 5.56 Å². The minimum absolute atomic E-state index is 0.106. The quantitative estimate of drug-likeness (QED) is 0.749. The topological polar surface area (TPSA) is 75.8 Å². The lowest BCUT2D eigenvalue weighted by atomic mass is 10.1. The molecule has 0 fully saturated rings. The van der Waals surface area contributed by atoms with Gasteiger partial charge in [-0.1, -0.05) is 12.1 Å². The molecular weight excluding hydrogens is 230 g/mol. The zero-order valence-electron chi connectivity index (χ0n) is 9.41. The van der Waals surface area contributed by atoms with Crippen molar-refractivity contribution in [2.75, 3.05) is 0 Å². The molecular formula is C13H9N3O2. The minimum Gasteiger partial charge on any atom is -0.292 e. The monoisotopic (exact) mass is 239 g/mol. The van der Waals surface area contributed by atoms with Gasteiger partial charge in [-0.2, -0.15) is 10.4 Å². The minimum atomic E-state index is -0.320. The number of ketones is 1. The third kappa shape index (κ3) is 2.50. The van der Waals surface area contributed by atoms with E-state index in [1.165, 1.54) is 18.3 Å². The number of rotatable bonds is 3. The van der Waals surface area contributed by atoms with Gasteiger partial charge in [0.2, 0.25) is 0 Å². The summed E-state index contributed by atoms with van der Waals surface area (Å²) in [5.74, 6) is -0.222. The van der Waals surface area contributed by atoms with E-state index in [2.05, 4.69) is 5.10 Å². The summed E-state index contributed by atoms with van der Waals surface area (Å²) >= 11 is 0. The lowest BCUT2D eigenvalue weighted by Gasteiger charge is -2.03. The van der Waals surface area contributed by atoms with Crippen molar-refractivity contribution in [3.8, 4) is 6.07 Å². The third-order valence-electron chi connectivity index (χ3n) is 2.41. The van der Waals surface area contributed by atoms with Crippen molar-refractivity contribution in [3.63, 3.8) is 0 Å². The summed E-state index contributed by atoms with van der Waals surface area (Å²) in [6, 6.07) is 11.1. The zero-order valence-corrected chi connectivity index (χ0v) is 9.41. The Morgan fingerprint density at radius 2 is 2.00 bits per heavy atom. The highest BCUT2D eigenvalue weighted by Crippen LogP contribution is 2.04. The molecule has 0 atom stereocenters. The largest absolute Gasteiger partial charge is 0.292 e. The van der Waals surface area contributed by atoms with Crippen LogP contribution in [-0.2, 0) is 6.54 Å². The Bertz CT molecular complexity index is 666. The second kappa shape index (κ2) is 5.06. The van der Waals surface area contributed by atoms with Crippen molar-refractivity contribution in [2.24, 2.45) is 0 Å². The van der Waals surface area contributed by atoms with Crippen LogP contribution in [0.2, 0.25) is 0 Å². The number of hydrogen-bond donors (Lipinski definition) is 0. The average Bonchev–Trinajstić information content (AvgIpc) is 2.41. The smallest absolute Gasteiger partial charge is 0.267 e. The van der Waals surface area contributed by atoms with Gasteiger partial charge in [-0.05, 0) is 18.2 Å². The Balaban J connectivity index is 2.20. The van der Waals surface area contributed by atoms with E-state index in [0.717, 1.165) is 4.68 Å². The molecule has 2 aromatic rings. The van der Waals surface area contributed by atoms with Crippen LogP contribution in [0.4, 0.5) is 0 Å². The van der Waals surface area contributed by atoms with Gasteiger partial charge < -0.3 is 0 Å². The predicted molar refractivity (Wildman–Crippen MR) is 64.0 cm³/mol. The first kappa shape index (κ1) is 11.7. The highest BCUT2D eigenvalue weighted by molar-refractivity contribution is 5.95. The van der Waals surface area contributed by atoms with Gasteiger partial charge in [-0.15, -0.1) is 0 Å². The summed E-state index contributed by atoms with van der Waals surface area (Å²) in [7, 11) is 0. The van der Waals surface area contributed by atoms with E-state index >= 15 is 0 Å². The molecule has 0 bridgehead atoms. The Morgan fingerprint density at radius 3 is 2.61 bits per heavy atom. The Labute approximate surface area is 103 Å². The van der Waals surface area contributed by atoms with Crippen molar-refractivity contribution >= 4 is 5.78 Å². The molecule has 0 aliphatic heterocycles. The van der Waals surface area contributed by atoms with Gasteiger partial charge in [-0.3, -0.25) is 9.59 Å². The second-order valence-corrected chi connectivity index (χ2v) is 3.63. The van der Waals surface area contributed by atoms with Crippen LogP contribution in [0.5, 0.6) is 0 Å². The van der Waals surface area contributed by atoms with E-state index in [1.54, 1.807) is 24.3 Å². The highest BCUT2D eigenvalue weighted by Gasteiger charge is 2.08. The van der Waals surface area contributed by atoms with E-state index in [0.29, 0.717) is 11.1 Å². The molecule has 0 saturated carbocycles. The molecule has 0 unspecified atom stereocenters. The van der Waals surface area contributed by atoms with Crippen molar-refractivity contribution in [2.45, 2.75) is 6.54 Å². The predicted octanol–water partition coefficient (Wildman–Crippen LogP) is 0.998. The summed E-state index contributed by atoms with van der Waals surface area (Å²) in [5, 5.41) is 12.5. The van der Waals surface area contributed by atoms with E-state index in [9.17, 15) is 9.59 Å². The summed E-state index contributed by atoms with van der Waals surface area (Å²) in [5.41, 5.74) is 0.618. The molecule has 0 spiro atoms. The molecule has 2 rings (SSSR count). The van der Waals surface area contributed by atoms with Gasteiger partial charge in [0.1, 0.15) is 6.54 Å². The van der Waals surface area contributed by atoms with Crippen LogP contribution >= 0.6 is 0 Å². The van der Waals surface area contributed by atoms with Crippen molar-refractivity contribution in [1.29, 1.82) is 5.26 Å². The SMILES string of the molecule is N#Cc1ccc(C(=O)Cn2ncccc2=O)cc1.